The molecule has 0 bridgehead atoms. The van der Waals surface area contributed by atoms with Crippen molar-refractivity contribution in [2.24, 2.45) is 4.99 Å². The number of nitrogens with zero attached hydrogens (tertiary/aromatic N) is 3. The number of aryl methyl sites for hydroxylation is 1. The Kier molecular flexibility index (Phi) is 9.11. The van der Waals surface area contributed by atoms with E-state index in [9.17, 15) is 4.79 Å². The van der Waals surface area contributed by atoms with Gasteiger partial charge in [0.05, 0.1) is 6.54 Å². The topological polar surface area (TPSA) is 57.2 Å². The molecule has 1 N–H and O–H groups in total. The Balaban J connectivity index is 1.41. The monoisotopic (exact) mass is 436 g/mol. The van der Waals surface area contributed by atoms with Crippen LogP contribution in [0.3, 0.4) is 0 Å². The number of likely N-dealkylation sites (N-methyl/N-ethyl adjacent to an activating group) is 1. The summed E-state index contributed by atoms with van der Waals surface area (Å²) in [7, 11) is 1.87. The van der Waals surface area contributed by atoms with Gasteiger partial charge in [-0.05, 0) is 43.0 Å². The fourth-order valence-electron chi connectivity index (χ4n) is 3.68. The van der Waals surface area contributed by atoms with Gasteiger partial charge in [0.15, 0.2) is 0 Å². The first kappa shape index (κ1) is 23.8. The maximum atomic E-state index is 12.6. The van der Waals surface area contributed by atoms with Crippen molar-refractivity contribution >= 4 is 11.7 Å². The number of amides is 1. The summed E-state index contributed by atoms with van der Waals surface area (Å²) in [6, 6.07) is 16.7. The standard InChI is InChI=1S/C26H36N4O2/c1-4-6-21-9-13-24(14-10-21)32-30(5-2)20-16-25(31)29(3)19-15-22-7-11-23(12-8-22)26-27-17-18-28-26/h7-14H,4-6,15-20H2,1-3H3,(H,27,28). The van der Waals surface area contributed by atoms with Crippen molar-refractivity contribution in [3.05, 3.63) is 65.2 Å². The van der Waals surface area contributed by atoms with Gasteiger partial charge in [0.25, 0.3) is 0 Å². The number of hydrogen-bond donors (Lipinski definition) is 1. The number of carbonyl (C=O) groups is 1. The van der Waals surface area contributed by atoms with Gasteiger partial charge in [-0.2, -0.15) is 0 Å². The van der Waals surface area contributed by atoms with Gasteiger partial charge in [0.1, 0.15) is 11.6 Å². The molecule has 0 aliphatic carbocycles. The summed E-state index contributed by atoms with van der Waals surface area (Å²) in [5, 5.41) is 5.14. The highest BCUT2D eigenvalue weighted by Gasteiger charge is 2.13. The summed E-state index contributed by atoms with van der Waals surface area (Å²) >= 11 is 0. The minimum absolute atomic E-state index is 0.131. The lowest BCUT2D eigenvalue weighted by Gasteiger charge is -2.23. The van der Waals surface area contributed by atoms with E-state index in [1.165, 1.54) is 11.1 Å². The van der Waals surface area contributed by atoms with Crippen LogP contribution in [-0.4, -0.2) is 61.5 Å². The predicted octanol–water partition coefficient (Wildman–Crippen LogP) is 3.70. The van der Waals surface area contributed by atoms with Gasteiger partial charge < -0.3 is 15.1 Å². The lowest BCUT2D eigenvalue weighted by Crippen LogP contribution is -2.34. The molecular weight excluding hydrogens is 400 g/mol. The van der Waals surface area contributed by atoms with Gasteiger partial charge in [0.2, 0.25) is 5.91 Å². The maximum Gasteiger partial charge on any atom is 0.223 e. The van der Waals surface area contributed by atoms with Crippen LogP contribution >= 0.6 is 0 Å². The summed E-state index contributed by atoms with van der Waals surface area (Å²) in [6.07, 6.45) is 3.48. The van der Waals surface area contributed by atoms with E-state index in [0.717, 1.165) is 56.0 Å². The third-order valence-corrected chi connectivity index (χ3v) is 5.69. The van der Waals surface area contributed by atoms with Crippen LogP contribution in [0, 0.1) is 0 Å². The molecule has 1 heterocycles. The molecule has 2 aromatic carbocycles. The minimum Gasteiger partial charge on any atom is -0.406 e. The zero-order chi connectivity index (χ0) is 22.8. The molecule has 0 saturated heterocycles. The number of carbonyl (C=O) groups excluding carboxylic acids is 1. The molecule has 0 saturated carbocycles. The highest BCUT2D eigenvalue weighted by molar-refractivity contribution is 5.99. The quantitative estimate of drug-likeness (QED) is 0.516. The zero-order valence-corrected chi connectivity index (χ0v) is 19.6. The van der Waals surface area contributed by atoms with Crippen LogP contribution in [0.15, 0.2) is 53.5 Å². The van der Waals surface area contributed by atoms with Crippen molar-refractivity contribution in [1.29, 1.82) is 0 Å². The Labute approximate surface area is 192 Å². The molecule has 1 aliphatic rings. The molecule has 0 spiro atoms. The van der Waals surface area contributed by atoms with Crippen LogP contribution in [0.5, 0.6) is 5.75 Å². The molecule has 32 heavy (non-hydrogen) atoms. The van der Waals surface area contributed by atoms with Crippen molar-refractivity contribution in [3.8, 4) is 5.75 Å². The Hall–Kier alpha value is -2.86. The second-order valence-electron chi connectivity index (χ2n) is 8.18. The van der Waals surface area contributed by atoms with E-state index in [1.54, 1.807) is 0 Å². The first-order valence-electron chi connectivity index (χ1n) is 11.7. The fourth-order valence-corrected chi connectivity index (χ4v) is 3.68. The minimum atomic E-state index is 0.131. The summed E-state index contributed by atoms with van der Waals surface area (Å²) in [6.45, 7) is 7.96. The van der Waals surface area contributed by atoms with E-state index in [2.05, 4.69) is 53.6 Å². The number of nitrogens with one attached hydrogen (secondary N) is 1. The fraction of sp³-hybridized carbons (Fsp3) is 0.462. The summed E-state index contributed by atoms with van der Waals surface area (Å²) in [5.74, 6) is 1.92. The molecule has 0 fully saturated rings. The van der Waals surface area contributed by atoms with Crippen LogP contribution in [0.4, 0.5) is 0 Å². The van der Waals surface area contributed by atoms with Gasteiger partial charge in [-0.1, -0.05) is 49.7 Å². The Morgan fingerprint density at radius 3 is 2.31 bits per heavy atom. The van der Waals surface area contributed by atoms with Crippen molar-refractivity contribution < 1.29 is 9.63 Å². The number of amidine groups is 1. The second kappa shape index (κ2) is 12.2. The first-order valence-corrected chi connectivity index (χ1v) is 11.7. The molecule has 0 radical (unpaired) electrons. The van der Waals surface area contributed by atoms with Gasteiger partial charge >= 0.3 is 0 Å². The molecule has 1 amide bonds. The largest absolute Gasteiger partial charge is 0.406 e. The van der Waals surface area contributed by atoms with Crippen LogP contribution in [-0.2, 0) is 17.6 Å². The van der Waals surface area contributed by atoms with Gasteiger partial charge in [-0.15, -0.1) is 5.06 Å². The molecule has 0 unspecified atom stereocenters. The van der Waals surface area contributed by atoms with Crippen molar-refractivity contribution in [2.45, 2.75) is 39.5 Å². The molecule has 3 rings (SSSR count). The molecule has 2 aromatic rings. The molecule has 0 atom stereocenters. The lowest BCUT2D eigenvalue weighted by atomic mass is 10.1. The van der Waals surface area contributed by atoms with Crippen molar-refractivity contribution in [1.82, 2.24) is 15.3 Å². The second-order valence-corrected chi connectivity index (χ2v) is 8.18. The van der Waals surface area contributed by atoms with E-state index >= 15 is 0 Å². The highest BCUT2D eigenvalue weighted by atomic mass is 16.7. The van der Waals surface area contributed by atoms with Crippen molar-refractivity contribution in [3.63, 3.8) is 0 Å². The molecular formula is C26H36N4O2. The summed E-state index contributed by atoms with van der Waals surface area (Å²) in [5.41, 5.74) is 3.66. The number of benzene rings is 2. The third-order valence-electron chi connectivity index (χ3n) is 5.69. The van der Waals surface area contributed by atoms with Crippen LogP contribution in [0.25, 0.3) is 0 Å². The van der Waals surface area contributed by atoms with Crippen LogP contribution in [0.2, 0.25) is 0 Å². The Morgan fingerprint density at radius 2 is 1.69 bits per heavy atom. The van der Waals surface area contributed by atoms with Gasteiger partial charge in [0, 0.05) is 45.2 Å². The average Bonchev–Trinajstić information content (AvgIpc) is 3.36. The van der Waals surface area contributed by atoms with E-state index in [1.807, 2.05) is 36.1 Å². The van der Waals surface area contributed by atoms with Crippen LogP contribution in [0.1, 0.15) is 43.4 Å². The third kappa shape index (κ3) is 7.09. The predicted molar refractivity (Wildman–Crippen MR) is 130 cm³/mol. The Morgan fingerprint density at radius 1 is 1.00 bits per heavy atom. The first-order chi connectivity index (χ1) is 15.6. The zero-order valence-electron chi connectivity index (χ0n) is 19.6. The lowest BCUT2D eigenvalue weighted by molar-refractivity contribution is -0.132. The molecule has 0 aromatic heterocycles. The summed E-state index contributed by atoms with van der Waals surface area (Å²) in [4.78, 5) is 24.8. The SMILES string of the molecule is CCCc1ccc(ON(CC)CCC(=O)N(C)CCc2ccc(C3=NCCN3)cc2)cc1. The van der Waals surface area contributed by atoms with E-state index in [4.69, 9.17) is 4.84 Å². The van der Waals surface area contributed by atoms with E-state index in [0.29, 0.717) is 19.5 Å². The van der Waals surface area contributed by atoms with Crippen LogP contribution < -0.4 is 10.2 Å². The normalized spacial score (nSPS) is 13.1. The van der Waals surface area contributed by atoms with Gasteiger partial charge in [-0.3, -0.25) is 9.79 Å². The molecule has 6 heteroatoms. The average molecular weight is 437 g/mol. The maximum absolute atomic E-state index is 12.6. The molecule has 6 nitrogen and oxygen atoms in total. The van der Waals surface area contributed by atoms with E-state index in [-0.39, 0.29) is 5.91 Å². The van der Waals surface area contributed by atoms with Gasteiger partial charge in [-0.25, -0.2) is 0 Å². The number of hydrogen-bond acceptors (Lipinski definition) is 5. The number of aliphatic imine (C=N–C) groups is 1. The van der Waals surface area contributed by atoms with E-state index < -0.39 is 0 Å². The smallest absolute Gasteiger partial charge is 0.223 e. The van der Waals surface area contributed by atoms with Crippen molar-refractivity contribution in [2.75, 3.05) is 39.8 Å². The molecule has 172 valence electrons. The highest BCUT2D eigenvalue weighted by Crippen LogP contribution is 2.15. The summed E-state index contributed by atoms with van der Waals surface area (Å²) < 4.78 is 0. The number of hydroxylamine groups is 2. The Bertz CT molecular complexity index is 878. The molecule has 1 aliphatic heterocycles. The number of rotatable bonds is 12.